The Hall–Kier alpha value is -0.580. The smallest absolute Gasteiger partial charge is 0.188 e. The van der Waals surface area contributed by atoms with Crippen molar-refractivity contribution in [1.29, 1.82) is 0 Å². The molecule has 0 aromatic rings. The molecule has 0 atom stereocenters. The van der Waals surface area contributed by atoms with E-state index >= 15 is 0 Å². The van der Waals surface area contributed by atoms with Crippen molar-refractivity contribution in [3.05, 3.63) is 12.3 Å². The molecule has 0 fully saturated rings. The summed E-state index contributed by atoms with van der Waals surface area (Å²) >= 11 is 0. The van der Waals surface area contributed by atoms with Crippen LogP contribution in [-0.2, 0) is 18.9 Å². The molecule has 30 heavy (non-hydrogen) atoms. The Kier molecular flexibility index (Phi) is 25.9. The highest BCUT2D eigenvalue weighted by molar-refractivity contribution is 4.72. The fourth-order valence-electron chi connectivity index (χ4n) is 3.19. The van der Waals surface area contributed by atoms with Crippen LogP contribution in [0.1, 0.15) is 124 Å². The molecular weight excluding hydrogens is 376 g/mol. The second-order valence-corrected chi connectivity index (χ2v) is 8.20. The lowest BCUT2D eigenvalue weighted by molar-refractivity contribution is -0.148. The van der Waals surface area contributed by atoms with Crippen LogP contribution in [0.3, 0.4) is 0 Å². The van der Waals surface area contributed by atoms with E-state index in [1.54, 1.807) is 6.26 Å². The topological polar surface area (TPSA) is 36.9 Å². The van der Waals surface area contributed by atoms with Gasteiger partial charge in [-0.3, -0.25) is 0 Å². The van der Waals surface area contributed by atoms with Gasteiger partial charge in [0.1, 0.15) is 0 Å². The van der Waals surface area contributed by atoms with E-state index in [2.05, 4.69) is 26.8 Å². The Morgan fingerprint density at radius 3 is 1.73 bits per heavy atom. The van der Waals surface area contributed by atoms with Crippen molar-refractivity contribution in [1.82, 2.24) is 0 Å². The first-order valence-electron chi connectivity index (χ1n) is 12.9. The Labute approximate surface area is 188 Å². The highest BCUT2D eigenvalue weighted by atomic mass is 16.7. The lowest BCUT2D eigenvalue weighted by Crippen LogP contribution is -2.19. The monoisotopic (exact) mass is 428 g/mol. The molecule has 0 amide bonds. The van der Waals surface area contributed by atoms with Gasteiger partial charge in [-0.1, -0.05) is 78.6 Å². The van der Waals surface area contributed by atoms with E-state index in [4.69, 9.17) is 18.9 Å². The van der Waals surface area contributed by atoms with Crippen LogP contribution >= 0.6 is 0 Å². The molecule has 0 N–H and O–H groups in total. The van der Waals surface area contributed by atoms with Crippen LogP contribution < -0.4 is 0 Å². The van der Waals surface area contributed by atoms with Crippen LogP contribution in [0.2, 0.25) is 0 Å². The average molecular weight is 429 g/mol. The second-order valence-electron chi connectivity index (χ2n) is 8.20. The molecular formula is C26H52O4. The van der Waals surface area contributed by atoms with Gasteiger partial charge in [-0.15, -0.1) is 0 Å². The number of hydrogen-bond donors (Lipinski definition) is 0. The van der Waals surface area contributed by atoms with Gasteiger partial charge >= 0.3 is 0 Å². The van der Waals surface area contributed by atoms with Gasteiger partial charge in [0.25, 0.3) is 0 Å². The van der Waals surface area contributed by atoms with E-state index in [0.717, 1.165) is 64.8 Å². The quantitative estimate of drug-likeness (QED) is 0.0835. The number of hydrogen-bond acceptors (Lipinski definition) is 4. The van der Waals surface area contributed by atoms with E-state index in [1.807, 2.05) is 0 Å². The molecule has 0 heterocycles. The van der Waals surface area contributed by atoms with Crippen molar-refractivity contribution < 1.29 is 18.9 Å². The summed E-state index contributed by atoms with van der Waals surface area (Å²) in [6.07, 6.45) is 22.9. The SMILES string of the molecule is CCCCCCOCOC=CCCCCC(OCCCCCC)OCCCCCC. The summed E-state index contributed by atoms with van der Waals surface area (Å²) in [5, 5.41) is 0. The highest BCUT2D eigenvalue weighted by Crippen LogP contribution is 2.12. The minimum atomic E-state index is -0.0328. The first-order chi connectivity index (χ1) is 14.8. The Bertz CT molecular complexity index is 319. The zero-order chi connectivity index (χ0) is 22.0. The fourth-order valence-corrected chi connectivity index (χ4v) is 3.19. The van der Waals surface area contributed by atoms with Gasteiger partial charge < -0.3 is 18.9 Å². The van der Waals surface area contributed by atoms with Gasteiger partial charge in [0.05, 0.1) is 12.9 Å². The van der Waals surface area contributed by atoms with Crippen LogP contribution in [0.15, 0.2) is 12.3 Å². The minimum Gasteiger partial charge on any atom is -0.475 e. The molecule has 0 spiro atoms. The first-order valence-corrected chi connectivity index (χ1v) is 12.9. The summed E-state index contributed by atoms with van der Waals surface area (Å²) < 4.78 is 22.9. The molecule has 0 saturated carbocycles. The lowest BCUT2D eigenvalue weighted by Gasteiger charge is -2.18. The summed E-state index contributed by atoms with van der Waals surface area (Å²) in [5.74, 6) is 0. The average Bonchev–Trinajstić information content (AvgIpc) is 2.76. The van der Waals surface area contributed by atoms with Crippen molar-refractivity contribution in [2.45, 2.75) is 130 Å². The summed E-state index contributed by atoms with van der Waals surface area (Å²) in [4.78, 5) is 0. The summed E-state index contributed by atoms with van der Waals surface area (Å²) in [6, 6.07) is 0. The van der Waals surface area contributed by atoms with Crippen molar-refractivity contribution in [2.75, 3.05) is 26.6 Å². The van der Waals surface area contributed by atoms with Crippen LogP contribution in [0, 0.1) is 0 Å². The third-order valence-corrected chi connectivity index (χ3v) is 5.15. The molecule has 0 aliphatic rings. The summed E-state index contributed by atoms with van der Waals surface area (Å²) in [7, 11) is 0. The molecule has 0 aromatic heterocycles. The zero-order valence-corrected chi connectivity index (χ0v) is 20.5. The van der Waals surface area contributed by atoms with Gasteiger partial charge in [-0.05, 0) is 51.0 Å². The zero-order valence-electron chi connectivity index (χ0n) is 20.5. The maximum Gasteiger partial charge on any atom is 0.188 e. The third-order valence-electron chi connectivity index (χ3n) is 5.15. The normalized spacial score (nSPS) is 11.7. The van der Waals surface area contributed by atoms with Crippen LogP contribution in [-0.4, -0.2) is 32.9 Å². The number of unbranched alkanes of at least 4 members (excludes halogenated alkanes) is 11. The molecule has 0 aliphatic heterocycles. The highest BCUT2D eigenvalue weighted by Gasteiger charge is 2.09. The standard InChI is InChI=1S/C26H52O4/c1-4-7-10-16-21-27-25-28-22-17-14-13-15-20-26(29-23-18-11-8-5-2)30-24-19-12-9-6-3/h17,22,26H,4-16,18-21,23-25H2,1-3H3. The van der Waals surface area contributed by atoms with Gasteiger partial charge in [-0.2, -0.15) is 0 Å². The molecule has 180 valence electrons. The molecule has 0 rings (SSSR count). The fraction of sp³-hybridized carbons (Fsp3) is 0.923. The van der Waals surface area contributed by atoms with Crippen molar-refractivity contribution in [3.63, 3.8) is 0 Å². The molecule has 0 bridgehead atoms. The van der Waals surface area contributed by atoms with Gasteiger partial charge in [0, 0.05) is 13.2 Å². The van der Waals surface area contributed by atoms with Crippen LogP contribution in [0.25, 0.3) is 0 Å². The van der Waals surface area contributed by atoms with E-state index in [1.165, 1.54) is 57.8 Å². The molecule has 0 unspecified atom stereocenters. The maximum atomic E-state index is 6.02. The summed E-state index contributed by atoms with van der Waals surface area (Å²) in [6.45, 7) is 9.51. The third kappa shape index (κ3) is 23.7. The molecule has 0 radical (unpaired) electrons. The van der Waals surface area contributed by atoms with Crippen molar-refractivity contribution >= 4 is 0 Å². The Morgan fingerprint density at radius 1 is 0.600 bits per heavy atom. The van der Waals surface area contributed by atoms with Gasteiger partial charge in [-0.25, -0.2) is 0 Å². The molecule has 4 heteroatoms. The predicted molar refractivity (Wildman–Crippen MR) is 128 cm³/mol. The minimum absolute atomic E-state index is 0.0328. The van der Waals surface area contributed by atoms with Crippen LogP contribution in [0.5, 0.6) is 0 Å². The Morgan fingerprint density at radius 2 is 1.17 bits per heavy atom. The van der Waals surface area contributed by atoms with E-state index in [9.17, 15) is 0 Å². The van der Waals surface area contributed by atoms with E-state index < -0.39 is 0 Å². The Balaban J connectivity index is 3.71. The number of rotatable bonds is 25. The molecule has 0 aromatic carbocycles. The van der Waals surface area contributed by atoms with Crippen molar-refractivity contribution in [3.8, 4) is 0 Å². The molecule has 4 nitrogen and oxygen atoms in total. The number of allylic oxidation sites excluding steroid dienone is 1. The van der Waals surface area contributed by atoms with E-state index in [-0.39, 0.29) is 6.29 Å². The first kappa shape index (κ1) is 29.4. The molecule has 0 saturated heterocycles. The van der Waals surface area contributed by atoms with Crippen LogP contribution in [0.4, 0.5) is 0 Å². The largest absolute Gasteiger partial charge is 0.475 e. The predicted octanol–water partition coefficient (Wildman–Crippen LogP) is 8.15. The summed E-state index contributed by atoms with van der Waals surface area (Å²) in [5.41, 5.74) is 0. The maximum absolute atomic E-state index is 6.02. The second kappa shape index (κ2) is 26.5. The molecule has 0 aliphatic carbocycles. The van der Waals surface area contributed by atoms with E-state index in [0.29, 0.717) is 6.79 Å². The van der Waals surface area contributed by atoms with Crippen molar-refractivity contribution in [2.24, 2.45) is 0 Å². The lowest BCUT2D eigenvalue weighted by atomic mass is 10.2. The van der Waals surface area contributed by atoms with Gasteiger partial charge in [0.2, 0.25) is 0 Å². The van der Waals surface area contributed by atoms with Gasteiger partial charge in [0.15, 0.2) is 13.1 Å². The number of ether oxygens (including phenoxy) is 4.